The topological polar surface area (TPSA) is 35.0 Å². The number of thioether (sulfide) groups is 1. The van der Waals surface area contributed by atoms with Gasteiger partial charge in [0.05, 0.1) is 0 Å². The van der Waals surface area contributed by atoms with Crippen molar-refractivity contribution in [2.75, 3.05) is 0 Å². The number of nitrogens with zero attached hydrogens (tertiary/aromatic N) is 2. The third kappa shape index (κ3) is 5.04. The maximum atomic E-state index is 13.8. The monoisotopic (exact) mass is 386 g/mol. The van der Waals surface area contributed by atoms with Crippen LogP contribution < -0.4 is 4.74 Å². The smallest absolute Gasteiger partial charge is 0.223 e. The first-order valence-electron chi connectivity index (χ1n) is 8.61. The van der Waals surface area contributed by atoms with Crippen LogP contribution in [0.3, 0.4) is 0 Å². The first kappa shape index (κ1) is 19.3. The van der Waals surface area contributed by atoms with Gasteiger partial charge in [-0.1, -0.05) is 43.8 Å². The van der Waals surface area contributed by atoms with Gasteiger partial charge in [-0.05, 0) is 42.7 Å². The Labute approximate surface area is 161 Å². The lowest BCUT2D eigenvalue weighted by Crippen LogP contribution is -1.97. The average molecular weight is 386 g/mol. The highest BCUT2D eigenvalue weighted by Crippen LogP contribution is 2.28. The minimum absolute atomic E-state index is 0.0136. The summed E-state index contributed by atoms with van der Waals surface area (Å²) in [6, 6.07) is 13.4. The van der Waals surface area contributed by atoms with E-state index in [1.807, 2.05) is 31.2 Å². The molecule has 0 saturated heterocycles. The van der Waals surface area contributed by atoms with Gasteiger partial charge in [0, 0.05) is 23.1 Å². The summed E-state index contributed by atoms with van der Waals surface area (Å²) >= 11 is 1.17. The first-order valence-corrected chi connectivity index (χ1v) is 9.60. The van der Waals surface area contributed by atoms with Crippen LogP contribution in [-0.4, -0.2) is 9.97 Å². The molecule has 0 amide bonds. The van der Waals surface area contributed by atoms with E-state index in [2.05, 4.69) is 23.8 Å². The highest BCUT2D eigenvalue weighted by atomic mass is 32.2. The van der Waals surface area contributed by atoms with Gasteiger partial charge in [-0.15, -0.1) is 0 Å². The molecule has 0 unspecified atom stereocenters. The first-order chi connectivity index (χ1) is 12.9. The maximum absolute atomic E-state index is 13.8. The van der Waals surface area contributed by atoms with Crippen molar-refractivity contribution < 1.29 is 13.5 Å². The van der Waals surface area contributed by atoms with E-state index in [1.165, 1.54) is 35.5 Å². The Hall–Kier alpha value is -2.47. The number of halogens is 2. The van der Waals surface area contributed by atoms with Crippen LogP contribution >= 0.6 is 11.8 Å². The molecule has 0 N–H and O–H groups in total. The molecule has 0 aliphatic rings. The Bertz CT molecular complexity index is 927. The van der Waals surface area contributed by atoms with Crippen LogP contribution in [0.25, 0.3) is 0 Å². The van der Waals surface area contributed by atoms with Crippen LogP contribution in [0, 0.1) is 18.6 Å². The summed E-state index contributed by atoms with van der Waals surface area (Å²) in [5.41, 5.74) is 1.90. The zero-order valence-corrected chi connectivity index (χ0v) is 16.2. The summed E-state index contributed by atoms with van der Waals surface area (Å²) in [6.45, 7) is 6.06. The fourth-order valence-corrected chi connectivity index (χ4v) is 3.41. The lowest BCUT2D eigenvalue weighted by molar-refractivity contribution is 0.453. The van der Waals surface area contributed by atoms with Crippen molar-refractivity contribution in [1.29, 1.82) is 0 Å². The molecule has 1 aromatic heterocycles. The lowest BCUT2D eigenvalue weighted by Gasteiger charge is -2.10. The van der Waals surface area contributed by atoms with E-state index >= 15 is 0 Å². The molecule has 1 heterocycles. The molecule has 0 aliphatic carbocycles. The molecule has 0 fully saturated rings. The number of hydrogen-bond acceptors (Lipinski definition) is 4. The van der Waals surface area contributed by atoms with Crippen molar-refractivity contribution in [2.45, 2.75) is 37.6 Å². The number of benzene rings is 2. The van der Waals surface area contributed by atoms with Crippen molar-refractivity contribution in [3.05, 3.63) is 77.0 Å². The lowest BCUT2D eigenvalue weighted by atomic mass is 10.0. The summed E-state index contributed by atoms with van der Waals surface area (Å²) in [7, 11) is 0. The fourth-order valence-electron chi connectivity index (χ4n) is 2.50. The van der Waals surface area contributed by atoms with Gasteiger partial charge in [0.1, 0.15) is 17.4 Å². The molecule has 140 valence electrons. The van der Waals surface area contributed by atoms with E-state index in [1.54, 1.807) is 6.07 Å². The molecule has 3 rings (SSSR count). The maximum Gasteiger partial charge on any atom is 0.223 e. The predicted octanol–water partition coefficient (Wildman–Crippen LogP) is 6.27. The van der Waals surface area contributed by atoms with Crippen LogP contribution in [0.4, 0.5) is 8.78 Å². The van der Waals surface area contributed by atoms with Gasteiger partial charge in [-0.25, -0.2) is 13.8 Å². The summed E-state index contributed by atoms with van der Waals surface area (Å²) < 4.78 is 33.4. The van der Waals surface area contributed by atoms with Crippen molar-refractivity contribution >= 4 is 11.8 Å². The molecule has 2 aromatic carbocycles. The van der Waals surface area contributed by atoms with Gasteiger partial charge in [0.15, 0.2) is 5.16 Å². The highest BCUT2D eigenvalue weighted by Gasteiger charge is 2.12. The Morgan fingerprint density at radius 1 is 1.00 bits per heavy atom. The van der Waals surface area contributed by atoms with Crippen molar-refractivity contribution in [1.82, 2.24) is 9.97 Å². The van der Waals surface area contributed by atoms with Gasteiger partial charge in [-0.2, -0.15) is 4.98 Å². The number of rotatable bonds is 6. The van der Waals surface area contributed by atoms with Gasteiger partial charge < -0.3 is 4.74 Å². The van der Waals surface area contributed by atoms with Gasteiger partial charge in [0.25, 0.3) is 0 Å². The average Bonchev–Trinajstić information content (AvgIpc) is 2.61. The minimum Gasteiger partial charge on any atom is -0.439 e. The molecule has 6 heteroatoms. The number of ether oxygens (including phenoxy) is 1. The number of aromatic nitrogens is 2. The van der Waals surface area contributed by atoms with Crippen LogP contribution in [0.5, 0.6) is 11.6 Å². The molecule has 0 bridgehead atoms. The number of hydrogen-bond donors (Lipinski definition) is 0. The van der Waals surface area contributed by atoms with Crippen LogP contribution in [0.1, 0.15) is 36.6 Å². The van der Waals surface area contributed by atoms with Crippen LogP contribution in [0.2, 0.25) is 0 Å². The molecular weight excluding hydrogens is 366 g/mol. The Kier molecular flexibility index (Phi) is 6.06. The standard InChI is InChI=1S/C21H20F2N2OS/c1-13(2)15-6-4-7-16(11-15)26-20-10-14(3)24-21(25-20)27-12-17-18(22)8-5-9-19(17)23/h4-11,13H,12H2,1-3H3. The Morgan fingerprint density at radius 2 is 1.70 bits per heavy atom. The molecule has 0 atom stereocenters. The van der Waals surface area contributed by atoms with Gasteiger partial charge >= 0.3 is 0 Å². The summed E-state index contributed by atoms with van der Waals surface area (Å²) in [5, 5.41) is 0.410. The van der Waals surface area contributed by atoms with Crippen molar-refractivity contribution in [2.24, 2.45) is 0 Å². The van der Waals surface area contributed by atoms with Crippen LogP contribution in [0.15, 0.2) is 53.7 Å². The third-order valence-electron chi connectivity index (χ3n) is 3.96. The summed E-state index contributed by atoms with van der Waals surface area (Å²) in [4.78, 5) is 8.69. The SMILES string of the molecule is Cc1cc(Oc2cccc(C(C)C)c2)nc(SCc2c(F)cccc2F)n1. The van der Waals surface area contributed by atoms with E-state index in [0.29, 0.717) is 22.7 Å². The molecule has 0 spiro atoms. The molecule has 0 aliphatic heterocycles. The second-order valence-corrected chi connectivity index (χ2v) is 7.39. The molecular formula is C21H20F2N2OS. The van der Waals surface area contributed by atoms with E-state index < -0.39 is 11.6 Å². The van der Waals surface area contributed by atoms with E-state index in [0.717, 1.165) is 5.69 Å². The normalized spacial score (nSPS) is 11.0. The molecule has 3 nitrogen and oxygen atoms in total. The molecule has 3 aromatic rings. The van der Waals surface area contributed by atoms with E-state index in [4.69, 9.17) is 4.74 Å². The van der Waals surface area contributed by atoms with E-state index in [9.17, 15) is 8.78 Å². The minimum atomic E-state index is -0.572. The Balaban J connectivity index is 1.77. The molecule has 0 radical (unpaired) electrons. The quantitative estimate of drug-likeness (QED) is 0.369. The van der Waals surface area contributed by atoms with E-state index in [-0.39, 0.29) is 11.3 Å². The van der Waals surface area contributed by atoms with Crippen LogP contribution in [-0.2, 0) is 5.75 Å². The largest absolute Gasteiger partial charge is 0.439 e. The molecule has 0 saturated carbocycles. The zero-order chi connectivity index (χ0) is 19.4. The van der Waals surface area contributed by atoms with Crippen molar-refractivity contribution in [3.8, 4) is 11.6 Å². The van der Waals surface area contributed by atoms with Crippen molar-refractivity contribution in [3.63, 3.8) is 0 Å². The second-order valence-electron chi connectivity index (χ2n) is 6.45. The van der Waals surface area contributed by atoms with Gasteiger partial charge in [-0.3, -0.25) is 0 Å². The summed E-state index contributed by atoms with van der Waals surface area (Å²) in [6.07, 6.45) is 0. The third-order valence-corrected chi connectivity index (χ3v) is 4.84. The van der Waals surface area contributed by atoms with Gasteiger partial charge in [0.2, 0.25) is 5.88 Å². The molecule has 27 heavy (non-hydrogen) atoms. The Morgan fingerprint density at radius 3 is 2.41 bits per heavy atom. The summed E-state index contributed by atoms with van der Waals surface area (Å²) in [5.74, 6) is 0.441. The second kappa shape index (κ2) is 8.48. The fraction of sp³-hybridized carbons (Fsp3) is 0.238. The highest BCUT2D eigenvalue weighted by molar-refractivity contribution is 7.98. The zero-order valence-electron chi connectivity index (χ0n) is 15.4. The number of aryl methyl sites for hydroxylation is 1. The predicted molar refractivity (Wildman–Crippen MR) is 103 cm³/mol.